The van der Waals surface area contributed by atoms with Crippen molar-refractivity contribution in [1.82, 2.24) is 4.90 Å². The molecule has 21 heavy (non-hydrogen) atoms. The molecule has 2 heterocycles. The zero-order chi connectivity index (χ0) is 15.1. The van der Waals surface area contributed by atoms with Gasteiger partial charge in [-0.05, 0) is 31.4 Å². The van der Waals surface area contributed by atoms with E-state index >= 15 is 0 Å². The predicted octanol–water partition coefficient (Wildman–Crippen LogP) is 2.32. The second kappa shape index (κ2) is 5.02. The van der Waals surface area contributed by atoms with Crippen molar-refractivity contribution in [3.8, 4) is 0 Å². The fourth-order valence-corrected chi connectivity index (χ4v) is 3.55. The number of rotatable bonds is 2. The van der Waals surface area contributed by atoms with E-state index in [9.17, 15) is 19.1 Å². The standard InChI is InChI=1S/C15H17FN2O3/c1-17(13-5-3-2-4-11(13)16)15(21)18-9-6-7-12(18)10(8-9)14(19)20/h2-5,9-10,12H,6-8H2,1H3,(H,19,20). The molecule has 2 fully saturated rings. The van der Waals surface area contributed by atoms with Crippen molar-refractivity contribution in [1.29, 1.82) is 0 Å². The maximum atomic E-state index is 13.8. The van der Waals surface area contributed by atoms with E-state index in [-0.39, 0.29) is 23.8 Å². The zero-order valence-electron chi connectivity index (χ0n) is 11.7. The van der Waals surface area contributed by atoms with Crippen molar-refractivity contribution in [2.75, 3.05) is 11.9 Å². The van der Waals surface area contributed by atoms with Crippen molar-refractivity contribution >= 4 is 17.7 Å². The third-order valence-corrected chi connectivity index (χ3v) is 4.58. The van der Waals surface area contributed by atoms with Gasteiger partial charge in [-0.1, -0.05) is 12.1 Å². The lowest BCUT2D eigenvalue weighted by Gasteiger charge is -2.29. The summed E-state index contributed by atoms with van der Waals surface area (Å²) >= 11 is 0. The van der Waals surface area contributed by atoms with Crippen LogP contribution in [-0.4, -0.2) is 41.1 Å². The van der Waals surface area contributed by atoms with Gasteiger partial charge in [0.05, 0.1) is 11.6 Å². The number of nitrogens with zero attached hydrogens (tertiary/aromatic N) is 2. The number of hydrogen-bond donors (Lipinski definition) is 1. The van der Waals surface area contributed by atoms with Crippen LogP contribution in [0.4, 0.5) is 14.9 Å². The summed E-state index contributed by atoms with van der Waals surface area (Å²) in [6.45, 7) is 0. The number of urea groups is 1. The van der Waals surface area contributed by atoms with Crippen molar-refractivity contribution < 1.29 is 19.1 Å². The van der Waals surface area contributed by atoms with Crippen LogP contribution in [0.2, 0.25) is 0 Å². The van der Waals surface area contributed by atoms with E-state index in [1.807, 2.05) is 0 Å². The van der Waals surface area contributed by atoms with Gasteiger partial charge >= 0.3 is 12.0 Å². The number of hydrogen-bond acceptors (Lipinski definition) is 2. The molecule has 1 aromatic carbocycles. The second-order valence-electron chi connectivity index (χ2n) is 5.68. The van der Waals surface area contributed by atoms with Crippen LogP contribution in [-0.2, 0) is 4.79 Å². The number of carbonyl (C=O) groups excluding carboxylic acids is 1. The molecule has 0 radical (unpaired) electrons. The van der Waals surface area contributed by atoms with E-state index < -0.39 is 17.7 Å². The summed E-state index contributed by atoms with van der Waals surface area (Å²) < 4.78 is 13.8. The lowest BCUT2D eigenvalue weighted by atomic mass is 9.89. The molecule has 2 aliphatic heterocycles. The van der Waals surface area contributed by atoms with Gasteiger partial charge in [0.1, 0.15) is 5.82 Å². The summed E-state index contributed by atoms with van der Waals surface area (Å²) in [6, 6.07) is 5.44. The van der Waals surface area contributed by atoms with Crippen LogP contribution in [0.25, 0.3) is 0 Å². The molecule has 0 spiro atoms. The fraction of sp³-hybridized carbons (Fsp3) is 0.467. The van der Waals surface area contributed by atoms with E-state index in [0.717, 1.165) is 6.42 Å². The highest BCUT2D eigenvalue weighted by Gasteiger charge is 2.52. The van der Waals surface area contributed by atoms with Gasteiger partial charge < -0.3 is 10.0 Å². The SMILES string of the molecule is CN(C(=O)N1C2CCC1C(C(=O)O)C2)c1ccccc1F. The van der Waals surface area contributed by atoms with Crippen LogP contribution >= 0.6 is 0 Å². The van der Waals surface area contributed by atoms with Crippen LogP contribution in [0.3, 0.4) is 0 Å². The van der Waals surface area contributed by atoms with Crippen molar-refractivity contribution in [2.24, 2.45) is 5.92 Å². The average Bonchev–Trinajstić information content (AvgIpc) is 3.04. The van der Waals surface area contributed by atoms with Crippen LogP contribution in [0.1, 0.15) is 19.3 Å². The minimum atomic E-state index is -0.853. The number of carbonyl (C=O) groups is 2. The monoisotopic (exact) mass is 292 g/mol. The molecule has 3 atom stereocenters. The number of anilines is 1. The molecule has 5 nitrogen and oxygen atoms in total. The summed E-state index contributed by atoms with van der Waals surface area (Å²) in [5.41, 5.74) is 0.209. The third-order valence-electron chi connectivity index (χ3n) is 4.58. The Hall–Kier alpha value is -2.11. The first-order valence-electron chi connectivity index (χ1n) is 7.04. The Balaban J connectivity index is 1.83. The van der Waals surface area contributed by atoms with E-state index in [1.165, 1.54) is 18.0 Å². The Morgan fingerprint density at radius 2 is 2.05 bits per heavy atom. The molecule has 1 N–H and O–H groups in total. The Morgan fingerprint density at radius 1 is 1.33 bits per heavy atom. The molecule has 1 aromatic rings. The minimum absolute atomic E-state index is 0.0437. The van der Waals surface area contributed by atoms with Gasteiger partial charge in [0, 0.05) is 19.1 Å². The minimum Gasteiger partial charge on any atom is -0.481 e. The normalized spacial score (nSPS) is 27.0. The number of carboxylic acids is 1. The quantitative estimate of drug-likeness (QED) is 0.910. The van der Waals surface area contributed by atoms with E-state index in [2.05, 4.69) is 0 Å². The summed E-state index contributed by atoms with van der Waals surface area (Å²) in [5, 5.41) is 9.22. The summed E-state index contributed by atoms with van der Waals surface area (Å²) in [5.74, 6) is -1.81. The molecule has 112 valence electrons. The Kier molecular flexibility index (Phi) is 3.31. The molecule has 2 aliphatic rings. The lowest BCUT2D eigenvalue weighted by molar-refractivity contribution is -0.142. The Labute approximate surface area is 122 Å². The number of carboxylic acid groups (broad SMARTS) is 1. The summed E-state index contributed by atoms with van der Waals surface area (Å²) in [6.07, 6.45) is 2.03. The Bertz CT molecular complexity index is 592. The highest BCUT2D eigenvalue weighted by atomic mass is 19.1. The lowest BCUT2D eigenvalue weighted by Crippen LogP contribution is -2.45. The molecule has 2 bridgehead atoms. The van der Waals surface area contributed by atoms with Gasteiger partial charge in [-0.2, -0.15) is 0 Å². The number of fused-ring (bicyclic) bond motifs is 2. The topological polar surface area (TPSA) is 60.9 Å². The highest BCUT2D eigenvalue weighted by Crippen LogP contribution is 2.42. The zero-order valence-corrected chi connectivity index (χ0v) is 11.7. The first kappa shape index (κ1) is 13.9. The molecule has 3 unspecified atom stereocenters. The van der Waals surface area contributed by atoms with Gasteiger partial charge in [-0.25, -0.2) is 9.18 Å². The largest absolute Gasteiger partial charge is 0.481 e. The first-order chi connectivity index (χ1) is 10.0. The fourth-order valence-electron chi connectivity index (χ4n) is 3.55. The summed E-state index contributed by atoms with van der Waals surface area (Å²) in [4.78, 5) is 26.8. The van der Waals surface area contributed by atoms with Crippen molar-refractivity contribution in [2.45, 2.75) is 31.3 Å². The van der Waals surface area contributed by atoms with Gasteiger partial charge in [0.15, 0.2) is 0 Å². The number of benzene rings is 1. The van der Waals surface area contributed by atoms with Gasteiger partial charge in [0.25, 0.3) is 0 Å². The highest BCUT2D eigenvalue weighted by molar-refractivity contribution is 5.93. The van der Waals surface area contributed by atoms with Crippen LogP contribution in [0.15, 0.2) is 24.3 Å². The molecule has 2 amide bonds. The van der Waals surface area contributed by atoms with Crippen LogP contribution in [0.5, 0.6) is 0 Å². The number of amides is 2. The molecular formula is C15H17FN2O3. The maximum Gasteiger partial charge on any atom is 0.324 e. The van der Waals surface area contributed by atoms with E-state index in [1.54, 1.807) is 23.1 Å². The molecular weight excluding hydrogens is 275 g/mol. The predicted molar refractivity (Wildman–Crippen MR) is 74.6 cm³/mol. The van der Waals surface area contributed by atoms with Crippen molar-refractivity contribution in [3.05, 3.63) is 30.1 Å². The van der Waals surface area contributed by atoms with Gasteiger partial charge in [0.2, 0.25) is 0 Å². The summed E-state index contributed by atoms with van der Waals surface area (Å²) in [7, 11) is 1.52. The molecule has 0 aliphatic carbocycles. The smallest absolute Gasteiger partial charge is 0.324 e. The van der Waals surface area contributed by atoms with Gasteiger partial charge in [-0.15, -0.1) is 0 Å². The first-order valence-corrected chi connectivity index (χ1v) is 7.04. The Morgan fingerprint density at radius 3 is 2.67 bits per heavy atom. The van der Waals surface area contributed by atoms with Crippen molar-refractivity contribution in [3.63, 3.8) is 0 Å². The third kappa shape index (κ3) is 2.14. The number of halogens is 1. The molecule has 3 rings (SSSR count). The number of para-hydroxylation sites is 1. The average molecular weight is 292 g/mol. The van der Waals surface area contributed by atoms with Gasteiger partial charge in [-0.3, -0.25) is 9.69 Å². The molecule has 2 saturated heterocycles. The molecule has 0 saturated carbocycles. The van der Waals surface area contributed by atoms with E-state index in [4.69, 9.17) is 0 Å². The number of aliphatic carboxylic acids is 1. The van der Waals surface area contributed by atoms with E-state index in [0.29, 0.717) is 12.8 Å². The maximum absolute atomic E-state index is 13.8. The second-order valence-corrected chi connectivity index (χ2v) is 5.68. The van der Waals surface area contributed by atoms with Crippen LogP contribution in [0, 0.1) is 11.7 Å². The van der Waals surface area contributed by atoms with Crippen LogP contribution < -0.4 is 4.90 Å². The molecule has 6 heteroatoms. The molecule has 0 aromatic heterocycles.